The van der Waals surface area contributed by atoms with Gasteiger partial charge in [-0.3, -0.25) is 4.79 Å². The van der Waals surface area contributed by atoms with Gasteiger partial charge in [0.25, 0.3) is 10.2 Å². The van der Waals surface area contributed by atoms with E-state index in [1.807, 2.05) is 6.92 Å². The average Bonchev–Trinajstić information content (AvgIpc) is 2.94. The van der Waals surface area contributed by atoms with Crippen molar-refractivity contribution >= 4 is 16.0 Å². The van der Waals surface area contributed by atoms with E-state index < -0.39 is 10.2 Å². The highest BCUT2D eigenvalue weighted by Crippen LogP contribution is 2.34. The van der Waals surface area contributed by atoms with Gasteiger partial charge >= 0.3 is 0 Å². The van der Waals surface area contributed by atoms with E-state index in [1.165, 1.54) is 4.31 Å². The van der Waals surface area contributed by atoms with Crippen molar-refractivity contribution in [3.8, 4) is 0 Å². The predicted molar refractivity (Wildman–Crippen MR) is 69.3 cm³/mol. The molecule has 1 saturated carbocycles. The molecular formula is C12H22N2O3S. The molecular weight excluding hydrogens is 252 g/mol. The van der Waals surface area contributed by atoms with E-state index in [0.717, 1.165) is 32.1 Å². The smallest absolute Gasteiger partial charge is 0.279 e. The molecule has 2 fully saturated rings. The van der Waals surface area contributed by atoms with Gasteiger partial charge in [-0.1, -0.05) is 6.92 Å². The minimum absolute atomic E-state index is 0.0642. The zero-order chi connectivity index (χ0) is 13.2. The molecule has 18 heavy (non-hydrogen) atoms. The number of hydrogen-bond donors (Lipinski definition) is 1. The molecule has 104 valence electrons. The third kappa shape index (κ3) is 2.75. The number of Topliss-reactive ketones (excluding diaryl/α,β-unsaturated/α-hetero) is 1. The largest absolute Gasteiger partial charge is 0.299 e. The van der Waals surface area contributed by atoms with Crippen LogP contribution in [0.1, 0.15) is 45.4 Å². The molecule has 0 aromatic heterocycles. The van der Waals surface area contributed by atoms with Crippen LogP contribution in [-0.4, -0.2) is 37.6 Å². The summed E-state index contributed by atoms with van der Waals surface area (Å²) >= 11 is 0. The normalized spacial score (nSPS) is 30.2. The van der Waals surface area contributed by atoms with Crippen molar-refractivity contribution < 1.29 is 13.2 Å². The summed E-state index contributed by atoms with van der Waals surface area (Å²) in [6.07, 6.45) is 4.85. The van der Waals surface area contributed by atoms with Crippen molar-refractivity contribution in [2.24, 2.45) is 5.92 Å². The Balaban J connectivity index is 2.09. The summed E-state index contributed by atoms with van der Waals surface area (Å²) in [6.45, 7) is 2.95. The predicted octanol–water partition coefficient (Wildman–Crippen LogP) is 1.06. The first-order valence-corrected chi connectivity index (χ1v) is 8.29. The Bertz CT molecular complexity index is 408. The SMILES string of the molecule is CCCNS(=O)(=O)N1CCCC1C1CCCC1=O. The fraction of sp³-hybridized carbons (Fsp3) is 0.917. The Morgan fingerprint density at radius 2 is 2.11 bits per heavy atom. The molecule has 2 rings (SSSR count). The Hall–Kier alpha value is -0.460. The average molecular weight is 274 g/mol. The van der Waals surface area contributed by atoms with Gasteiger partial charge in [-0.25, -0.2) is 4.72 Å². The van der Waals surface area contributed by atoms with Crippen molar-refractivity contribution in [3.63, 3.8) is 0 Å². The zero-order valence-electron chi connectivity index (χ0n) is 10.9. The first-order chi connectivity index (χ1) is 8.56. The van der Waals surface area contributed by atoms with E-state index in [1.54, 1.807) is 0 Å². The van der Waals surface area contributed by atoms with Crippen LogP contribution in [0.3, 0.4) is 0 Å². The second-order valence-corrected chi connectivity index (χ2v) is 6.89. The summed E-state index contributed by atoms with van der Waals surface area (Å²) in [7, 11) is -3.40. The molecule has 2 unspecified atom stereocenters. The third-order valence-electron chi connectivity index (χ3n) is 3.91. The van der Waals surface area contributed by atoms with Crippen molar-refractivity contribution in [1.29, 1.82) is 0 Å². The minimum atomic E-state index is -3.40. The topological polar surface area (TPSA) is 66.5 Å². The van der Waals surface area contributed by atoms with Crippen molar-refractivity contribution in [1.82, 2.24) is 9.03 Å². The highest BCUT2D eigenvalue weighted by molar-refractivity contribution is 7.87. The van der Waals surface area contributed by atoms with Crippen LogP contribution in [0.5, 0.6) is 0 Å². The van der Waals surface area contributed by atoms with Gasteiger partial charge in [0.2, 0.25) is 0 Å². The Kier molecular flexibility index (Phi) is 4.40. The molecule has 0 bridgehead atoms. The fourth-order valence-electron chi connectivity index (χ4n) is 3.03. The second-order valence-electron chi connectivity index (χ2n) is 5.18. The summed E-state index contributed by atoms with van der Waals surface area (Å²) in [5.74, 6) is 0.184. The molecule has 0 amide bonds. The van der Waals surface area contributed by atoms with Crippen molar-refractivity contribution in [3.05, 3.63) is 0 Å². The molecule has 0 aromatic rings. The van der Waals surface area contributed by atoms with Gasteiger partial charge in [-0.05, 0) is 32.1 Å². The van der Waals surface area contributed by atoms with Crippen molar-refractivity contribution in [2.45, 2.75) is 51.5 Å². The monoisotopic (exact) mass is 274 g/mol. The lowest BCUT2D eigenvalue weighted by Crippen LogP contribution is -2.47. The highest BCUT2D eigenvalue weighted by Gasteiger charge is 2.42. The maximum absolute atomic E-state index is 12.2. The van der Waals surface area contributed by atoms with E-state index in [-0.39, 0.29) is 17.7 Å². The van der Waals surface area contributed by atoms with Gasteiger partial charge in [0.15, 0.2) is 0 Å². The number of carbonyl (C=O) groups excluding carboxylic acids is 1. The standard InChI is InChI=1S/C12H22N2O3S/c1-2-8-13-18(16,17)14-9-4-6-11(14)10-5-3-7-12(10)15/h10-11,13H,2-9H2,1H3. The van der Waals surface area contributed by atoms with Crippen LogP contribution < -0.4 is 4.72 Å². The highest BCUT2D eigenvalue weighted by atomic mass is 32.2. The number of nitrogens with zero attached hydrogens (tertiary/aromatic N) is 1. The summed E-state index contributed by atoms with van der Waals surface area (Å²) in [5.41, 5.74) is 0. The van der Waals surface area contributed by atoms with Crippen LogP contribution >= 0.6 is 0 Å². The van der Waals surface area contributed by atoms with Gasteiger partial charge in [0.1, 0.15) is 5.78 Å². The Morgan fingerprint density at radius 3 is 2.72 bits per heavy atom. The lowest BCUT2D eigenvalue weighted by Gasteiger charge is -2.27. The fourth-order valence-corrected chi connectivity index (χ4v) is 4.64. The molecule has 1 heterocycles. The maximum atomic E-state index is 12.2. The third-order valence-corrected chi connectivity index (χ3v) is 5.55. The van der Waals surface area contributed by atoms with E-state index in [9.17, 15) is 13.2 Å². The first kappa shape index (κ1) is 14.0. The minimum Gasteiger partial charge on any atom is -0.299 e. The molecule has 0 aromatic carbocycles. The Morgan fingerprint density at radius 1 is 1.33 bits per heavy atom. The van der Waals surface area contributed by atoms with Gasteiger partial charge in [0, 0.05) is 31.5 Å². The van der Waals surface area contributed by atoms with Gasteiger partial charge in [-0.2, -0.15) is 12.7 Å². The van der Waals surface area contributed by atoms with Crippen LogP contribution in [0.4, 0.5) is 0 Å². The van der Waals surface area contributed by atoms with E-state index >= 15 is 0 Å². The summed E-state index contributed by atoms with van der Waals surface area (Å²) in [4.78, 5) is 11.8. The van der Waals surface area contributed by atoms with Gasteiger partial charge in [0.05, 0.1) is 0 Å². The molecule has 0 spiro atoms. The van der Waals surface area contributed by atoms with Crippen LogP contribution in [0.2, 0.25) is 0 Å². The van der Waals surface area contributed by atoms with Gasteiger partial charge < -0.3 is 0 Å². The number of nitrogens with one attached hydrogen (secondary N) is 1. The quantitative estimate of drug-likeness (QED) is 0.815. The number of rotatable bonds is 5. The van der Waals surface area contributed by atoms with Crippen LogP contribution in [0.15, 0.2) is 0 Å². The summed E-state index contributed by atoms with van der Waals surface area (Å²) in [6, 6.07) is -0.102. The molecule has 0 radical (unpaired) electrons. The molecule has 2 aliphatic rings. The number of hydrogen-bond acceptors (Lipinski definition) is 3. The molecule has 1 N–H and O–H groups in total. The van der Waals surface area contributed by atoms with Crippen molar-refractivity contribution in [2.75, 3.05) is 13.1 Å². The molecule has 1 aliphatic carbocycles. The molecule has 1 aliphatic heterocycles. The number of carbonyl (C=O) groups is 1. The van der Waals surface area contributed by atoms with E-state index in [4.69, 9.17) is 0 Å². The van der Waals surface area contributed by atoms with Crippen LogP contribution in [-0.2, 0) is 15.0 Å². The van der Waals surface area contributed by atoms with E-state index in [2.05, 4.69) is 4.72 Å². The number of ketones is 1. The lowest BCUT2D eigenvalue weighted by molar-refractivity contribution is -0.121. The van der Waals surface area contributed by atoms with E-state index in [0.29, 0.717) is 19.5 Å². The molecule has 6 heteroatoms. The van der Waals surface area contributed by atoms with Crippen LogP contribution in [0, 0.1) is 5.92 Å². The molecule has 1 saturated heterocycles. The molecule has 2 atom stereocenters. The first-order valence-electron chi connectivity index (χ1n) is 6.85. The maximum Gasteiger partial charge on any atom is 0.279 e. The summed E-state index contributed by atoms with van der Waals surface area (Å²) in [5, 5.41) is 0. The second kappa shape index (κ2) is 5.67. The van der Waals surface area contributed by atoms with Gasteiger partial charge in [-0.15, -0.1) is 0 Å². The Labute approximate surface area is 109 Å². The lowest BCUT2D eigenvalue weighted by atomic mass is 9.96. The zero-order valence-corrected chi connectivity index (χ0v) is 11.7. The summed E-state index contributed by atoms with van der Waals surface area (Å²) < 4.78 is 28.5. The molecule has 5 nitrogen and oxygen atoms in total. The van der Waals surface area contributed by atoms with Crippen LogP contribution in [0.25, 0.3) is 0 Å².